The SMILES string of the molecule is O=C(c1ncccc1-c1ncccn1)N1C2CCC1C(Cc1ncc(C(F)(F)F)cc1F)C2. The van der Waals surface area contributed by atoms with Gasteiger partial charge in [-0.2, -0.15) is 13.2 Å². The fraction of sp³-hybridized carbons (Fsp3) is 0.348. The fourth-order valence-corrected chi connectivity index (χ4v) is 4.99. The molecule has 2 aliphatic rings. The van der Waals surface area contributed by atoms with Gasteiger partial charge in [0.2, 0.25) is 0 Å². The predicted octanol–water partition coefficient (Wildman–Crippen LogP) is 4.33. The van der Waals surface area contributed by atoms with Gasteiger partial charge in [-0.05, 0) is 55.9 Å². The Morgan fingerprint density at radius 3 is 2.55 bits per heavy atom. The standard InChI is InChI=1S/C23H19F4N5O/c24-17-11-14(23(25,26)27)12-31-18(17)10-13-9-15-4-5-19(13)32(15)22(33)20-16(3-1-6-28-20)21-29-7-2-8-30-21/h1-3,6-8,11-13,15,19H,4-5,9-10H2. The maximum absolute atomic E-state index is 14.4. The first kappa shape index (κ1) is 21.4. The van der Waals surface area contributed by atoms with E-state index in [2.05, 4.69) is 19.9 Å². The van der Waals surface area contributed by atoms with E-state index >= 15 is 0 Å². The number of alkyl halides is 3. The second-order valence-electron chi connectivity index (χ2n) is 8.33. The van der Waals surface area contributed by atoms with Crippen molar-refractivity contribution < 1.29 is 22.4 Å². The number of aromatic nitrogens is 4. The van der Waals surface area contributed by atoms with E-state index in [-0.39, 0.29) is 41.7 Å². The fourth-order valence-electron chi connectivity index (χ4n) is 4.99. The highest BCUT2D eigenvalue weighted by Crippen LogP contribution is 2.44. The van der Waals surface area contributed by atoms with Gasteiger partial charge in [-0.1, -0.05) is 0 Å². The molecule has 5 rings (SSSR count). The largest absolute Gasteiger partial charge is 0.417 e. The summed E-state index contributed by atoms with van der Waals surface area (Å²) < 4.78 is 52.8. The molecule has 3 aromatic rings. The lowest BCUT2D eigenvalue weighted by atomic mass is 9.85. The van der Waals surface area contributed by atoms with Crippen molar-refractivity contribution in [2.24, 2.45) is 5.92 Å². The van der Waals surface area contributed by atoms with Gasteiger partial charge in [0.05, 0.1) is 16.8 Å². The lowest BCUT2D eigenvalue weighted by Gasteiger charge is -2.25. The Hall–Kier alpha value is -3.43. The molecule has 170 valence electrons. The molecule has 0 radical (unpaired) electrons. The number of rotatable bonds is 4. The van der Waals surface area contributed by atoms with Crippen LogP contribution in [0.25, 0.3) is 11.4 Å². The molecule has 3 atom stereocenters. The van der Waals surface area contributed by atoms with Crippen LogP contribution in [0, 0.1) is 11.7 Å². The number of pyridine rings is 2. The smallest absolute Gasteiger partial charge is 0.331 e. The Morgan fingerprint density at radius 2 is 1.82 bits per heavy atom. The minimum Gasteiger partial charge on any atom is -0.331 e. The summed E-state index contributed by atoms with van der Waals surface area (Å²) in [5, 5.41) is 0. The van der Waals surface area contributed by atoms with E-state index in [4.69, 9.17) is 0 Å². The summed E-state index contributed by atoms with van der Waals surface area (Å²) in [5.41, 5.74) is -0.343. The van der Waals surface area contributed by atoms with Crippen molar-refractivity contribution in [3.8, 4) is 11.4 Å². The van der Waals surface area contributed by atoms with Gasteiger partial charge in [0.1, 0.15) is 11.5 Å². The number of amides is 1. The summed E-state index contributed by atoms with van der Waals surface area (Å²) >= 11 is 0. The zero-order chi connectivity index (χ0) is 23.2. The van der Waals surface area contributed by atoms with E-state index in [1.54, 1.807) is 35.5 Å². The monoisotopic (exact) mass is 457 g/mol. The molecule has 3 aromatic heterocycles. The number of carbonyl (C=O) groups excluding carboxylic acids is 1. The first-order chi connectivity index (χ1) is 15.8. The second-order valence-corrected chi connectivity index (χ2v) is 8.33. The molecule has 33 heavy (non-hydrogen) atoms. The molecule has 1 amide bonds. The summed E-state index contributed by atoms with van der Waals surface area (Å²) in [7, 11) is 0. The molecule has 0 aromatic carbocycles. The van der Waals surface area contributed by atoms with Crippen LogP contribution in [0.4, 0.5) is 17.6 Å². The molecule has 5 heterocycles. The third-order valence-electron chi connectivity index (χ3n) is 6.42. The van der Waals surface area contributed by atoms with E-state index < -0.39 is 17.6 Å². The number of nitrogens with zero attached hydrogens (tertiary/aromatic N) is 5. The highest BCUT2D eigenvalue weighted by atomic mass is 19.4. The number of fused-ring (bicyclic) bond motifs is 2. The third kappa shape index (κ3) is 3.94. The van der Waals surface area contributed by atoms with Crippen LogP contribution in [0.5, 0.6) is 0 Å². The van der Waals surface area contributed by atoms with Crippen LogP contribution in [0.1, 0.15) is 41.0 Å². The molecule has 0 saturated carbocycles. The van der Waals surface area contributed by atoms with E-state index in [0.29, 0.717) is 30.1 Å². The number of carbonyl (C=O) groups is 1. The average molecular weight is 457 g/mol. The van der Waals surface area contributed by atoms with Gasteiger partial charge in [0.15, 0.2) is 5.82 Å². The van der Waals surface area contributed by atoms with Crippen molar-refractivity contribution in [2.45, 2.75) is 43.9 Å². The molecular formula is C23H19F4N5O. The van der Waals surface area contributed by atoms with Crippen molar-refractivity contribution in [3.05, 3.63) is 71.8 Å². The van der Waals surface area contributed by atoms with E-state index in [0.717, 1.165) is 12.8 Å². The Balaban J connectivity index is 1.38. The zero-order valence-corrected chi connectivity index (χ0v) is 17.3. The summed E-state index contributed by atoms with van der Waals surface area (Å²) in [5.74, 6) is -0.910. The van der Waals surface area contributed by atoms with Crippen molar-refractivity contribution in [1.82, 2.24) is 24.8 Å². The number of hydrogen-bond acceptors (Lipinski definition) is 5. The lowest BCUT2D eigenvalue weighted by Crippen LogP contribution is -2.37. The van der Waals surface area contributed by atoms with Crippen LogP contribution in [0.15, 0.2) is 49.1 Å². The molecule has 2 bridgehead atoms. The molecule has 2 saturated heterocycles. The Kier molecular flexibility index (Phi) is 5.30. The molecule has 10 heteroatoms. The van der Waals surface area contributed by atoms with Crippen LogP contribution in [-0.4, -0.2) is 42.8 Å². The maximum Gasteiger partial charge on any atom is 0.417 e. The number of hydrogen-bond donors (Lipinski definition) is 0. The average Bonchev–Trinajstić information content (AvgIpc) is 3.37. The van der Waals surface area contributed by atoms with E-state index in [1.807, 2.05) is 0 Å². The Morgan fingerprint density at radius 1 is 1.06 bits per heavy atom. The first-order valence-corrected chi connectivity index (χ1v) is 10.6. The molecular weight excluding hydrogens is 438 g/mol. The van der Waals surface area contributed by atoms with Crippen molar-refractivity contribution in [1.29, 1.82) is 0 Å². The van der Waals surface area contributed by atoms with Gasteiger partial charge in [-0.25, -0.2) is 14.4 Å². The minimum atomic E-state index is -4.65. The van der Waals surface area contributed by atoms with E-state index in [1.165, 1.54) is 6.20 Å². The van der Waals surface area contributed by atoms with Crippen LogP contribution >= 0.6 is 0 Å². The first-order valence-electron chi connectivity index (χ1n) is 10.6. The predicted molar refractivity (Wildman–Crippen MR) is 109 cm³/mol. The Labute approximate surface area is 186 Å². The van der Waals surface area contributed by atoms with Crippen molar-refractivity contribution >= 4 is 5.91 Å². The van der Waals surface area contributed by atoms with Crippen molar-refractivity contribution in [3.63, 3.8) is 0 Å². The summed E-state index contributed by atoms with van der Waals surface area (Å²) in [6.45, 7) is 0. The third-order valence-corrected chi connectivity index (χ3v) is 6.42. The summed E-state index contributed by atoms with van der Waals surface area (Å²) in [4.78, 5) is 31.8. The minimum absolute atomic E-state index is 0.0100. The van der Waals surface area contributed by atoms with Gasteiger partial charge in [0.25, 0.3) is 5.91 Å². The normalized spacial score (nSPS) is 22.1. The summed E-state index contributed by atoms with van der Waals surface area (Å²) in [6.07, 6.45) is 3.10. The molecule has 6 nitrogen and oxygen atoms in total. The quantitative estimate of drug-likeness (QED) is 0.546. The molecule has 2 fully saturated rings. The highest BCUT2D eigenvalue weighted by Gasteiger charge is 2.49. The van der Waals surface area contributed by atoms with E-state index in [9.17, 15) is 22.4 Å². The van der Waals surface area contributed by atoms with Crippen LogP contribution < -0.4 is 0 Å². The maximum atomic E-state index is 14.4. The van der Waals surface area contributed by atoms with Crippen LogP contribution in [0.2, 0.25) is 0 Å². The molecule has 2 aliphatic heterocycles. The van der Waals surface area contributed by atoms with Gasteiger partial charge < -0.3 is 4.90 Å². The zero-order valence-electron chi connectivity index (χ0n) is 17.3. The Bertz CT molecular complexity index is 1190. The van der Waals surface area contributed by atoms with Crippen LogP contribution in [-0.2, 0) is 12.6 Å². The molecule has 0 aliphatic carbocycles. The van der Waals surface area contributed by atoms with Gasteiger partial charge >= 0.3 is 6.18 Å². The van der Waals surface area contributed by atoms with Gasteiger partial charge in [-0.15, -0.1) is 0 Å². The topological polar surface area (TPSA) is 71.9 Å². The van der Waals surface area contributed by atoms with Crippen molar-refractivity contribution in [2.75, 3.05) is 0 Å². The van der Waals surface area contributed by atoms with Gasteiger partial charge in [0, 0.05) is 36.9 Å². The molecule has 3 unspecified atom stereocenters. The van der Waals surface area contributed by atoms with Crippen LogP contribution in [0.3, 0.4) is 0 Å². The lowest BCUT2D eigenvalue weighted by molar-refractivity contribution is -0.138. The second kappa shape index (κ2) is 8.17. The number of halogens is 4. The molecule has 0 spiro atoms. The molecule has 0 N–H and O–H groups in total. The summed E-state index contributed by atoms with van der Waals surface area (Å²) in [6, 6.07) is 5.43. The highest BCUT2D eigenvalue weighted by molar-refractivity contribution is 5.98. The van der Waals surface area contributed by atoms with Gasteiger partial charge in [-0.3, -0.25) is 14.8 Å².